The number of nitrogens with zero attached hydrogens (tertiary/aromatic N) is 4. The predicted molar refractivity (Wildman–Crippen MR) is 130 cm³/mol. The first kappa shape index (κ1) is 21.1. The Morgan fingerprint density at radius 1 is 1.12 bits per heavy atom. The number of nitrogens with one attached hydrogen (secondary N) is 1. The number of fused-ring (bicyclic) bond motifs is 1. The van der Waals surface area contributed by atoms with Gasteiger partial charge in [-0.2, -0.15) is 0 Å². The molecule has 164 valence electrons. The average molecular weight is 485 g/mol. The Hall–Kier alpha value is -2.76. The van der Waals surface area contributed by atoms with Gasteiger partial charge in [0.1, 0.15) is 20.0 Å². The zero-order chi connectivity index (χ0) is 22.2. The van der Waals surface area contributed by atoms with Crippen molar-refractivity contribution < 1.29 is 8.42 Å². The van der Waals surface area contributed by atoms with E-state index in [4.69, 9.17) is 10.7 Å². The van der Waals surface area contributed by atoms with E-state index in [1.165, 1.54) is 17.6 Å². The lowest BCUT2D eigenvalue weighted by Crippen LogP contribution is -2.23. The maximum atomic E-state index is 13.1. The van der Waals surface area contributed by atoms with Crippen molar-refractivity contribution >= 4 is 55.0 Å². The minimum absolute atomic E-state index is 0.167. The molecule has 0 radical (unpaired) electrons. The molecule has 1 fully saturated rings. The van der Waals surface area contributed by atoms with Crippen LogP contribution in [0.5, 0.6) is 0 Å². The van der Waals surface area contributed by atoms with Gasteiger partial charge in [0.05, 0.1) is 27.9 Å². The van der Waals surface area contributed by atoms with Crippen molar-refractivity contribution in [1.82, 2.24) is 19.9 Å². The molecular formula is C21H20N6O2S3. The van der Waals surface area contributed by atoms with Crippen LogP contribution in [0.15, 0.2) is 47.1 Å². The number of rotatable bonds is 6. The lowest BCUT2D eigenvalue weighted by atomic mass is 10.0. The monoisotopic (exact) mass is 484 g/mol. The highest BCUT2D eigenvalue weighted by molar-refractivity contribution is 7.88. The van der Waals surface area contributed by atoms with Crippen LogP contribution in [0.2, 0.25) is 0 Å². The first-order valence-corrected chi connectivity index (χ1v) is 13.6. The molecule has 0 aromatic carbocycles. The van der Waals surface area contributed by atoms with Gasteiger partial charge >= 0.3 is 0 Å². The van der Waals surface area contributed by atoms with Crippen LogP contribution in [-0.2, 0) is 21.8 Å². The molecule has 1 aliphatic carbocycles. The van der Waals surface area contributed by atoms with Crippen molar-refractivity contribution in [2.75, 3.05) is 16.7 Å². The van der Waals surface area contributed by atoms with Gasteiger partial charge in [0.2, 0.25) is 5.95 Å². The number of aromatic nitrogens is 4. The van der Waals surface area contributed by atoms with E-state index in [1.807, 2.05) is 24.3 Å². The van der Waals surface area contributed by atoms with Crippen LogP contribution in [0.3, 0.4) is 0 Å². The smallest absolute Gasteiger partial charge is 0.234 e. The first-order chi connectivity index (χ1) is 15.5. The molecule has 8 nitrogen and oxygen atoms in total. The van der Waals surface area contributed by atoms with E-state index in [1.54, 1.807) is 18.6 Å². The second-order valence-corrected chi connectivity index (χ2v) is 11.5. The highest BCUT2D eigenvalue weighted by Gasteiger charge is 2.29. The third-order valence-corrected chi connectivity index (χ3v) is 9.10. The molecule has 0 bridgehead atoms. The molecule has 4 aromatic rings. The number of nitrogens with two attached hydrogens (primary N) is 1. The molecule has 0 saturated heterocycles. The van der Waals surface area contributed by atoms with Crippen LogP contribution in [0.25, 0.3) is 32.7 Å². The molecule has 0 amide bonds. The largest absolute Gasteiger partial charge is 0.396 e. The van der Waals surface area contributed by atoms with Crippen LogP contribution in [0.4, 0.5) is 11.6 Å². The quantitative estimate of drug-likeness (QED) is 0.427. The SMILES string of the molecule is CS(=O)Nc1ncc(-c2cc(-c3ccccn3)c3c(N)c(S(=O)C4CCC4)sc3n2)cn1. The van der Waals surface area contributed by atoms with E-state index in [2.05, 4.69) is 19.7 Å². The van der Waals surface area contributed by atoms with E-state index in [9.17, 15) is 8.42 Å². The van der Waals surface area contributed by atoms with Crippen molar-refractivity contribution in [2.24, 2.45) is 0 Å². The second kappa shape index (κ2) is 8.64. The summed E-state index contributed by atoms with van der Waals surface area (Å²) in [6.07, 6.45) is 9.54. The third kappa shape index (κ3) is 3.91. The number of thiophene rings is 1. The second-order valence-electron chi connectivity index (χ2n) is 7.46. The molecule has 4 heterocycles. The summed E-state index contributed by atoms with van der Waals surface area (Å²) in [6.45, 7) is 0. The van der Waals surface area contributed by atoms with Crippen LogP contribution in [0, 0.1) is 0 Å². The summed E-state index contributed by atoms with van der Waals surface area (Å²) in [6, 6.07) is 7.60. The summed E-state index contributed by atoms with van der Waals surface area (Å²) in [5, 5.41) is 0.946. The molecule has 3 N–H and O–H groups in total. The van der Waals surface area contributed by atoms with E-state index < -0.39 is 21.8 Å². The van der Waals surface area contributed by atoms with Gasteiger partial charge in [0, 0.05) is 46.6 Å². The summed E-state index contributed by atoms with van der Waals surface area (Å²) in [7, 11) is -2.40. The molecule has 11 heteroatoms. The van der Waals surface area contributed by atoms with Gasteiger partial charge in [-0.05, 0) is 31.0 Å². The van der Waals surface area contributed by atoms with E-state index in [-0.39, 0.29) is 11.2 Å². The van der Waals surface area contributed by atoms with Crippen LogP contribution < -0.4 is 10.5 Å². The topological polar surface area (TPSA) is 124 Å². The van der Waals surface area contributed by atoms with Crippen LogP contribution >= 0.6 is 11.3 Å². The Morgan fingerprint density at radius 2 is 1.91 bits per heavy atom. The van der Waals surface area contributed by atoms with Crippen molar-refractivity contribution in [3.63, 3.8) is 0 Å². The molecule has 4 aromatic heterocycles. The van der Waals surface area contributed by atoms with Crippen molar-refractivity contribution in [3.05, 3.63) is 42.9 Å². The van der Waals surface area contributed by atoms with Gasteiger partial charge in [-0.15, -0.1) is 11.3 Å². The Kier molecular flexibility index (Phi) is 5.70. The van der Waals surface area contributed by atoms with Gasteiger partial charge in [-0.3, -0.25) is 13.9 Å². The highest BCUT2D eigenvalue weighted by Crippen LogP contribution is 2.44. The summed E-state index contributed by atoms with van der Waals surface area (Å²) in [5.74, 6) is 0.277. The normalized spacial score (nSPS) is 15.9. The summed E-state index contributed by atoms with van der Waals surface area (Å²) in [5.41, 5.74) is 10.0. The Balaban J connectivity index is 1.66. The Morgan fingerprint density at radius 3 is 2.53 bits per heavy atom. The fourth-order valence-electron chi connectivity index (χ4n) is 3.50. The third-order valence-electron chi connectivity index (χ3n) is 5.33. The zero-order valence-electron chi connectivity index (χ0n) is 17.1. The van der Waals surface area contributed by atoms with Gasteiger partial charge in [0.25, 0.3) is 0 Å². The Labute approximate surface area is 193 Å². The lowest BCUT2D eigenvalue weighted by Gasteiger charge is -2.23. The average Bonchev–Trinajstić information content (AvgIpc) is 3.09. The molecule has 0 aliphatic heterocycles. The van der Waals surface area contributed by atoms with Crippen molar-refractivity contribution in [1.29, 1.82) is 0 Å². The van der Waals surface area contributed by atoms with Crippen LogP contribution in [-0.4, -0.2) is 39.9 Å². The standard InChI is InChI=1S/C21H20N6O2S3/c1-31(28)27-21-24-10-12(11-25-21)16-9-14(15-7-2-3-8-23-15)17-18(22)20(30-19(17)26-16)32(29)13-5-4-6-13/h2-3,7-11,13H,4-6,22H2,1H3,(H,24,25,27). The molecule has 1 aliphatic rings. The molecule has 2 unspecified atom stereocenters. The molecule has 5 rings (SSSR count). The summed E-state index contributed by atoms with van der Waals surface area (Å²) in [4.78, 5) is 18.5. The van der Waals surface area contributed by atoms with Crippen molar-refractivity contribution in [2.45, 2.75) is 28.7 Å². The van der Waals surface area contributed by atoms with Gasteiger partial charge < -0.3 is 5.73 Å². The van der Waals surface area contributed by atoms with E-state index >= 15 is 0 Å². The number of anilines is 2. The van der Waals surface area contributed by atoms with Gasteiger partial charge in [-0.25, -0.2) is 19.2 Å². The summed E-state index contributed by atoms with van der Waals surface area (Å²) < 4.78 is 27.8. The fourth-order valence-corrected chi connectivity index (χ4v) is 7.07. The fraction of sp³-hybridized carbons (Fsp3) is 0.238. The molecule has 1 saturated carbocycles. The highest BCUT2D eigenvalue weighted by atomic mass is 32.2. The van der Waals surface area contributed by atoms with Gasteiger partial charge in [0.15, 0.2) is 0 Å². The summed E-state index contributed by atoms with van der Waals surface area (Å²) >= 11 is 1.38. The Bertz CT molecular complexity index is 1340. The minimum atomic E-state index is -1.26. The van der Waals surface area contributed by atoms with Crippen molar-refractivity contribution in [3.8, 4) is 22.5 Å². The minimum Gasteiger partial charge on any atom is -0.396 e. The first-order valence-electron chi connectivity index (χ1n) is 9.98. The maximum Gasteiger partial charge on any atom is 0.234 e. The number of hydrogen-bond donors (Lipinski definition) is 2. The predicted octanol–water partition coefficient (Wildman–Crippen LogP) is 3.76. The number of hydrogen-bond acceptors (Lipinski definition) is 8. The molecule has 2 atom stereocenters. The molecular weight excluding hydrogens is 464 g/mol. The number of pyridine rings is 2. The maximum absolute atomic E-state index is 13.1. The molecule has 0 spiro atoms. The van der Waals surface area contributed by atoms with Crippen LogP contribution in [0.1, 0.15) is 19.3 Å². The molecule has 32 heavy (non-hydrogen) atoms. The zero-order valence-corrected chi connectivity index (χ0v) is 19.6. The van der Waals surface area contributed by atoms with E-state index in [0.29, 0.717) is 26.0 Å². The lowest BCUT2D eigenvalue weighted by molar-refractivity contribution is 0.505. The number of nitrogen functional groups attached to an aromatic ring is 1. The van der Waals surface area contributed by atoms with Gasteiger partial charge in [-0.1, -0.05) is 12.5 Å². The van der Waals surface area contributed by atoms with E-state index in [0.717, 1.165) is 35.9 Å².